The van der Waals surface area contributed by atoms with E-state index in [-0.39, 0.29) is 16.0 Å². The van der Waals surface area contributed by atoms with E-state index in [2.05, 4.69) is 11.4 Å². The number of carbonyl (C=O) groups excluding carboxylic acids is 1. The largest absolute Gasteiger partial charge is 0.356 e. The number of rotatable bonds is 6. The number of nitrogens with one attached hydrogen (secondary N) is 1. The van der Waals surface area contributed by atoms with E-state index in [1.807, 2.05) is 0 Å². The Morgan fingerprint density at radius 3 is 2.65 bits per heavy atom. The summed E-state index contributed by atoms with van der Waals surface area (Å²) in [5.41, 5.74) is 1.45. The maximum atomic E-state index is 12.6. The molecule has 0 atom stereocenters. The molecule has 26 heavy (non-hydrogen) atoms. The zero-order valence-electron chi connectivity index (χ0n) is 14.7. The number of hydrogen-bond donors (Lipinski definition) is 1. The van der Waals surface area contributed by atoms with Crippen LogP contribution in [0, 0.1) is 5.92 Å². The van der Waals surface area contributed by atoms with Crippen LogP contribution in [0.4, 0.5) is 0 Å². The second kappa shape index (κ2) is 8.87. The highest BCUT2D eigenvalue weighted by molar-refractivity contribution is 7.91. The van der Waals surface area contributed by atoms with Crippen LogP contribution >= 0.6 is 22.9 Å². The summed E-state index contributed by atoms with van der Waals surface area (Å²) in [4.78, 5) is 12.4. The summed E-state index contributed by atoms with van der Waals surface area (Å²) in [6.07, 6.45) is 9.19. The van der Waals surface area contributed by atoms with E-state index in [1.54, 1.807) is 12.1 Å². The lowest BCUT2D eigenvalue weighted by atomic mass is 9.96. The third kappa shape index (κ3) is 4.88. The summed E-state index contributed by atoms with van der Waals surface area (Å²) >= 11 is 6.92. The van der Waals surface area contributed by atoms with Gasteiger partial charge in [-0.1, -0.05) is 23.3 Å². The Labute approximate surface area is 164 Å². The van der Waals surface area contributed by atoms with Gasteiger partial charge < -0.3 is 5.32 Å². The van der Waals surface area contributed by atoms with Gasteiger partial charge in [0, 0.05) is 25.6 Å². The van der Waals surface area contributed by atoms with Crippen LogP contribution in [0.15, 0.2) is 28.0 Å². The molecule has 0 spiro atoms. The van der Waals surface area contributed by atoms with Crippen molar-refractivity contribution in [3.05, 3.63) is 28.1 Å². The molecule has 0 unspecified atom stereocenters. The van der Waals surface area contributed by atoms with Crippen molar-refractivity contribution >= 4 is 38.9 Å². The van der Waals surface area contributed by atoms with Crippen molar-refractivity contribution in [2.75, 3.05) is 19.6 Å². The Balaban J connectivity index is 1.45. The van der Waals surface area contributed by atoms with Crippen molar-refractivity contribution < 1.29 is 13.2 Å². The van der Waals surface area contributed by atoms with Crippen LogP contribution in [0.1, 0.15) is 44.9 Å². The summed E-state index contributed by atoms with van der Waals surface area (Å²) in [5.74, 6) is -0.0497. The number of halogens is 1. The van der Waals surface area contributed by atoms with Gasteiger partial charge in [0.15, 0.2) is 0 Å². The first kappa shape index (κ1) is 19.9. The number of hydrogen-bond acceptors (Lipinski definition) is 4. The topological polar surface area (TPSA) is 66.5 Å². The van der Waals surface area contributed by atoms with Crippen LogP contribution in [-0.4, -0.2) is 38.3 Å². The summed E-state index contributed by atoms with van der Waals surface area (Å²) in [6, 6.07) is 3.14. The number of carbonyl (C=O) groups is 1. The fourth-order valence-electron chi connectivity index (χ4n) is 3.54. The maximum Gasteiger partial charge on any atom is 0.252 e. The van der Waals surface area contributed by atoms with Gasteiger partial charge in [-0.05, 0) is 57.1 Å². The van der Waals surface area contributed by atoms with Crippen molar-refractivity contribution in [1.29, 1.82) is 0 Å². The van der Waals surface area contributed by atoms with Crippen molar-refractivity contribution in [2.24, 2.45) is 5.92 Å². The Morgan fingerprint density at radius 1 is 1.27 bits per heavy atom. The van der Waals surface area contributed by atoms with Gasteiger partial charge in [0.1, 0.15) is 4.21 Å². The van der Waals surface area contributed by atoms with Crippen LogP contribution in [0.3, 0.4) is 0 Å². The average molecular weight is 417 g/mol. The molecule has 1 N–H and O–H groups in total. The molecule has 144 valence electrons. The molecule has 3 rings (SSSR count). The summed E-state index contributed by atoms with van der Waals surface area (Å²) < 4.78 is 27.4. The molecular weight excluding hydrogens is 392 g/mol. The molecule has 1 aliphatic heterocycles. The standard InChI is InChI=1S/C18H25ClN2O3S2/c19-16-6-7-17(25-16)26(23,24)21-12-9-15(10-13-21)18(22)20-11-8-14-4-2-1-3-5-14/h4,6-7,15H,1-3,5,8-13H2,(H,20,22). The minimum absolute atomic E-state index is 0.0534. The molecule has 0 saturated carbocycles. The van der Waals surface area contributed by atoms with Crippen molar-refractivity contribution in [3.63, 3.8) is 0 Å². The Kier molecular flexibility index (Phi) is 6.77. The molecule has 1 aromatic rings. The first-order valence-electron chi connectivity index (χ1n) is 9.18. The lowest BCUT2D eigenvalue weighted by molar-refractivity contribution is -0.126. The van der Waals surface area contributed by atoms with E-state index >= 15 is 0 Å². The molecule has 0 radical (unpaired) electrons. The Bertz CT molecular complexity index is 765. The first-order valence-corrected chi connectivity index (χ1v) is 11.8. The molecule has 0 bridgehead atoms. The third-order valence-electron chi connectivity index (χ3n) is 5.10. The van der Waals surface area contributed by atoms with Gasteiger partial charge in [-0.3, -0.25) is 4.79 Å². The highest BCUT2D eigenvalue weighted by atomic mass is 35.5. The average Bonchev–Trinajstić information content (AvgIpc) is 3.10. The van der Waals surface area contributed by atoms with E-state index in [0.29, 0.717) is 36.8 Å². The maximum absolute atomic E-state index is 12.6. The Morgan fingerprint density at radius 2 is 2.04 bits per heavy atom. The number of sulfonamides is 1. The summed E-state index contributed by atoms with van der Waals surface area (Å²) in [5, 5.41) is 3.03. The number of thiophene rings is 1. The third-order valence-corrected chi connectivity index (χ3v) is 8.69. The second-order valence-electron chi connectivity index (χ2n) is 6.89. The van der Waals surface area contributed by atoms with Crippen LogP contribution in [-0.2, 0) is 14.8 Å². The number of nitrogens with zero attached hydrogens (tertiary/aromatic N) is 1. The van der Waals surface area contributed by atoms with Crippen LogP contribution in [0.5, 0.6) is 0 Å². The van der Waals surface area contributed by atoms with Crippen molar-refractivity contribution in [2.45, 2.75) is 49.2 Å². The van der Waals surface area contributed by atoms with Crippen LogP contribution < -0.4 is 5.32 Å². The van der Waals surface area contributed by atoms with Crippen LogP contribution in [0.25, 0.3) is 0 Å². The molecule has 1 fully saturated rings. The van der Waals surface area contributed by atoms with E-state index in [9.17, 15) is 13.2 Å². The number of amides is 1. The molecule has 1 amide bonds. The van der Waals surface area contributed by atoms with Gasteiger partial charge in [-0.25, -0.2) is 8.42 Å². The lowest BCUT2D eigenvalue weighted by Gasteiger charge is -2.30. The molecule has 1 saturated heterocycles. The summed E-state index contributed by atoms with van der Waals surface area (Å²) in [7, 11) is -3.49. The zero-order valence-corrected chi connectivity index (χ0v) is 17.1. The predicted molar refractivity (Wildman–Crippen MR) is 105 cm³/mol. The molecule has 2 heterocycles. The van der Waals surface area contributed by atoms with Gasteiger partial charge in [0.2, 0.25) is 5.91 Å². The molecule has 8 heteroatoms. The van der Waals surface area contributed by atoms with Gasteiger partial charge >= 0.3 is 0 Å². The summed E-state index contributed by atoms with van der Waals surface area (Å²) in [6.45, 7) is 1.43. The highest BCUT2D eigenvalue weighted by Gasteiger charge is 2.32. The molecule has 1 aliphatic carbocycles. The first-order chi connectivity index (χ1) is 12.5. The second-order valence-corrected chi connectivity index (χ2v) is 10.8. The quantitative estimate of drug-likeness (QED) is 0.717. The monoisotopic (exact) mass is 416 g/mol. The SMILES string of the molecule is O=C(NCCC1=CCCCC1)C1CCN(S(=O)(=O)c2ccc(Cl)s2)CC1. The molecular formula is C18H25ClN2O3S2. The fraction of sp³-hybridized carbons (Fsp3) is 0.611. The van der Waals surface area contributed by atoms with Gasteiger partial charge in [-0.15, -0.1) is 11.3 Å². The van der Waals surface area contributed by atoms with E-state index < -0.39 is 10.0 Å². The highest BCUT2D eigenvalue weighted by Crippen LogP contribution is 2.30. The molecule has 5 nitrogen and oxygen atoms in total. The minimum atomic E-state index is -3.49. The smallest absolute Gasteiger partial charge is 0.252 e. The van der Waals surface area contributed by atoms with Gasteiger partial charge in [-0.2, -0.15) is 4.31 Å². The predicted octanol–water partition coefficient (Wildman–Crippen LogP) is 3.81. The van der Waals surface area contributed by atoms with Crippen molar-refractivity contribution in [1.82, 2.24) is 9.62 Å². The number of piperidine rings is 1. The molecule has 2 aliphatic rings. The molecule has 0 aromatic carbocycles. The molecule has 1 aromatic heterocycles. The number of allylic oxidation sites excluding steroid dienone is 1. The van der Waals surface area contributed by atoms with Gasteiger partial charge in [0.05, 0.1) is 4.34 Å². The van der Waals surface area contributed by atoms with Crippen LogP contribution in [0.2, 0.25) is 4.34 Å². The van der Waals surface area contributed by atoms with E-state index in [1.165, 1.54) is 22.7 Å². The van der Waals surface area contributed by atoms with E-state index in [0.717, 1.165) is 30.6 Å². The Hall–Kier alpha value is -0.890. The minimum Gasteiger partial charge on any atom is -0.356 e. The van der Waals surface area contributed by atoms with E-state index in [4.69, 9.17) is 11.6 Å². The fourth-order valence-corrected chi connectivity index (χ4v) is 6.65. The normalized spacial score (nSPS) is 20.0. The zero-order chi connectivity index (χ0) is 18.6. The van der Waals surface area contributed by atoms with Gasteiger partial charge in [0.25, 0.3) is 10.0 Å². The lowest BCUT2D eigenvalue weighted by Crippen LogP contribution is -2.43. The van der Waals surface area contributed by atoms with Crippen molar-refractivity contribution in [3.8, 4) is 0 Å².